The molecule has 2 aromatic carbocycles. The number of anilines is 1. The maximum Gasteiger partial charge on any atom is 0.362 e. The first-order chi connectivity index (χ1) is 15.3. The SMILES string of the molecule is CCOC(=O)c1nn(-c2cccc(Br)c2)c(=O)cc1OCC(=O)Nc1cc(C)ccc1C. The van der Waals surface area contributed by atoms with Gasteiger partial charge in [0.15, 0.2) is 12.4 Å². The van der Waals surface area contributed by atoms with Crippen molar-refractivity contribution in [3.63, 3.8) is 0 Å². The number of aromatic nitrogens is 2. The second-order valence-corrected chi connectivity index (χ2v) is 7.88. The lowest BCUT2D eigenvalue weighted by atomic mass is 10.1. The van der Waals surface area contributed by atoms with Gasteiger partial charge in [0, 0.05) is 10.2 Å². The van der Waals surface area contributed by atoms with Crippen molar-refractivity contribution in [2.75, 3.05) is 18.5 Å². The molecule has 1 heterocycles. The number of halogens is 1. The van der Waals surface area contributed by atoms with Gasteiger partial charge in [0.25, 0.3) is 11.5 Å². The highest BCUT2D eigenvalue weighted by molar-refractivity contribution is 9.10. The number of esters is 1. The average molecular weight is 500 g/mol. The Labute approximate surface area is 193 Å². The Kier molecular flexibility index (Phi) is 7.42. The van der Waals surface area contributed by atoms with Crippen LogP contribution < -0.4 is 15.6 Å². The van der Waals surface area contributed by atoms with Crippen LogP contribution in [0.25, 0.3) is 5.69 Å². The van der Waals surface area contributed by atoms with Crippen molar-refractivity contribution in [2.24, 2.45) is 0 Å². The Bertz CT molecular complexity index is 1220. The van der Waals surface area contributed by atoms with Crippen molar-refractivity contribution < 1.29 is 19.1 Å². The van der Waals surface area contributed by atoms with Gasteiger partial charge in [0.05, 0.1) is 18.4 Å². The van der Waals surface area contributed by atoms with Gasteiger partial charge in [-0.05, 0) is 56.2 Å². The fraction of sp³-hybridized carbons (Fsp3) is 0.217. The molecule has 0 aliphatic heterocycles. The Balaban J connectivity index is 1.87. The predicted octanol–water partition coefficient (Wildman–Crippen LogP) is 3.81. The summed E-state index contributed by atoms with van der Waals surface area (Å²) >= 11 is 3.34. The highest BCUT2D eigenvalue weighted by Crippen LogP contribution is 2.19. The molecule has 0 saturated carbocycles. The number of hydrogen-bond donors (Lipinski definition) is 1. The number of amides is 1. The molecule has 0 saturated heterocycles. The van der Waals surface area contributed by atoms with Crippen molar-refractivity contribution in [1.82, 2.24) is 9.78 Å². The van der Waals surface area contributed by atoms with Crippen LogP contribution in [-0.2, 0) is 9.53 Å². The lowest BCUT2D eigenvalue weighted by Crippen LogP contribution is -2.27. The summed E-state index contributed by atoms with van der Waals surface area (Å²) in [6.45, 7) is 5.15. The number of hydrogen-bond acceptors (Lipinski definition) is 6. The topological polar surface area (TPSA) is 99.5 Å². The zero-order valence-corrected chi connectivity index (χ0v) is 19.4. The maximum atomic E-state index is 12.7. The van der Waals surface area contributed by atoms with Gasteiger partial charge in [-0.15, -0.1) is 0 Å². The van der Waals surface area contributed by atoms with Crippen molar-refractivity contribution >= 4 is 33.5 Å². The molecule has 0 unspecified atom stereocenters. The number of ether oxygens (including phenoxy) is 2. The van der Waals surface area contributed by atoms with Crippen LogP contribution in [0.1, 0.15) is 28.5 Å². The third-order valence-corrected chi connectivity index (χ3v) is 4.94. The Morgan fingerprint density at radius 2 is 1.91 bits per heavy atom. The van der Waals surface area contributed by atoms with Crippen LogP contribution in [0.4, 0.5) is 5.69 Å². The van der Waals surface area contributed by atoms with Crippen LogP contribution in [0.2, 0.25) is 0 Å². The highest BCUT2D eigenvalue weighted by Gasteiger charge is 2.21. The van der Waals surface area contributed by atoms with Crippen molar-refractivity contribution in [3.8, 4) is 11.4 Å². The molecule has 32 heavy (non-hydrogen) atoms. The third-order valence-electron chi connectivity index (χ3n) is 4.44. The van der Waals surface area contributed by atoms with Crippen LogP contribution in [0.5, 0.6) is 5.75 Å². The first-order valence-electron chi connectivity index (χ1n) is 9.86. The minimum absolute atomic E-state index is 0.114. The quantitative estimate of drug-likeness (QED) is 0.496. The summed E-state index contributed by atoms with van der Waals surface area (Å²) in [5, 5.41) is 6.91. The maximum absolute atomic E-state index is 12.7. The average Bonchev–Trinajstić information content (AvgIpc) is 2.75. The smallest absolute Gasteiger partial charge is 0.362 e. The summed E-state index contributed by atoms with van der Waals surface area (Å²) in [4.78, 5) is 37.5. The largest absolute Gasteiger partial charge is 0.481 e. The molecule has 0 spiro atoms. The first-order valence-corrected chi connectivity index (χ1v) is 10.6. The molecule has 1 aromatic heterocycles. The zero-order valence-electron chi connectivity index (χ0n) is 17.8. The fourth-order valence-electron chi connectivity index (χ4n) is 2.88. The standard InChI is InChI=1S/C23H22BrN3O5/c1-4-31-23(30)22-19(12-21(29)27(26-22)17-7-5-6-16(24)11-17)32-13-20(28)25-18-10-14(2)8-9-15(18)3/h5-12H,4,13H2,1-3H3,(H,25,28). The molecule has 0 aliphatic rings. The van der Waals surface area contributed by atoms with Gasteiger partial charge in [0.2, 0.25) is 5.69 Å². The molecule has 9 heteroatoms. The summed E-state index contributed by atoms with van der Waals surface area (Å²) in [7, 11) is 0. The van der Waals surface area contributed by atoms with Gasteiger partial charge in [0.1, 0.15) is 0 Å². The number of rotatable bonds is 7. The first kappa shape index (κ1) is 23.2. The summed E-state index contributed by atoms with van der Waals surface area (Å²) in [5.41, 5.74) is 2.28. The second kappa shape index (κ2) is 10.2. The van der Waals surface area contributed by atoms with Crippen molar-refractivity contribution in [2.45, 2.75) is 20.8 Å². The number of carbonyl (C=O) groups excluding carboxylic acids is 2. The molecule has 3 aromatic rings. The molecule has 0 radical (unpaired) electrons. The molecule has 8 nitrogen and oxygen atoms in total. The lowest BCUT2D eigenvalue weighted by Gasteiger charge is -2.13. The molecule has 0 bridgehead atoms. The Morgan fingerprint density at radius 3 is 2.62 bits per heavy atom. The van der Waals surface area contributed by atoms with Gasteiger partial charge in [-0.2, -0.15) is 9.78 Å². The third kappa shape index (κ3) is 5.61. The van der Waals surface area contributed by atoms with E-state index in [2.05, 4.69) is 26.3 Å². The van der Waals surface area contributed by atoms with E-state index in [1.807, 2.05) is 32.0 Å². The summed E-state index contributed by atoms with van der Waals surface area (Å²) in [6.07, 6.45) is 0. The number of carbonyl (C=O) groups is 2. The van der Waals surface area contributed by atoms with E-state index in [4.69, 9.17) is 9.47 Å². The number of nitrogens with zero attached hydrogens (tertiary/aromatic N) is 2. The van der Waals surface area contributed by atoms with E-state index < -0.39 is 24.0 Å². The van der Waals surface area contributed by atoms with Gasteiger partial charge in [-0.25, -0.2) is 4.79 Å². The van der Waals surface area contributed by atoms with E-state index in [0.29, 0.717) is 11.4 Å². The molecular weight excluding hydrogens is 478 g/mol. The number of benzene rings is 2. The van der Waals surface area contributed by atoms with Crippen LogP contribution in [-0.4, -0.2) is 34.9 Å². The second-order valence-electron chi connectivity index (χ2n) is 6.96. The van der Waals surface area contributed by atoms with Crippen LogP contribution in [0, 0.1) is 13.8 Å². The van der Waals surface area contributed by atoms with Gasteiger partial charge in [-0.3, -0.25) is 9.59 Å². The lowest BCUT2D eigenvalue weighted by molar-refractivity contribution is -0.118. The number of nitrogens with one attached hydrogen (secondary N) is 1. The normalized spacial score (nSPS) is 10.5. The zero-order chi connectivity index (χ0) is 23.3. The van der Waals surface area contributed by atoms with Gasteiger partial charge in [-0.1, -0.05) is 34.1 Å². The van der Waals surface area contributed by atoms with E-state index in [-0.39, 0.29) is 18.1 Å². The Hall–Kier alpha value is -3.46. The predicted molar refractivity (Wildman–Crippen MR) is 124 cm³/mol. The molecule has 0 fully saturated rings. The van der Waals surface area contributed by atoms with Crippen LogP contribution in [0.15, 0.2) is 57.8 Å². The van der Waals surface area contributed by atoms with Crippen LogP contribution in [0.3, 0.4) is 0 Å². The van der Waals surface area contributed by atoms with Crippen molar-refractivity contribution in [1.29, 1.82) is 0 Å². The number of aryl methyl sites for hydroxylation is 2. The highest BCUT2D eigenvalue weighted by atomic mass is 79.9. The van der Waals surface area contributed by atoms with E-state index in [1.165, 1.54) is 0 Å². The molecular formula is C23H22BrN3O5. The fourth-order valence-corrected chi connectivity index (χ4v) is 3.27. The minimum Gasteiger partial charge on any atom is -0.481 e. The Morgan fingerprint density at radius 1 is 1.12 bits per heavy atom. The van der Waals surface area contributed by atoms with E-state index >= 15 is 0 Å². The molecule has 1 amide bonds. The van der Waals surface area contributed by atoms with E-state index in [0.717, 1.165) is 26.3 Å². The summed E-state index contributed by atoms with van der Waals surface area (Å²) in [6, 6.07) is 13.7. The summed E-state index contributed by atoms with van der Waals surface area (Å²) < 4.78 is 12.4. The molecule has 1 N–H and O–H groups in total. The van der Waals surface area contributed by atoms with E-state index in [9.17, 15) is 14.4 Å². The molecule has 0 aliphatic carbocycles. The van der Waals surface area contributed by atoms with Crippen LogP contribution >= 0.6 is 15.9 Å². The van der Waals surface area contributed by atoms with Gasteiger partial charge < -0.3 is 14.8 Å². The van der Waals surface area contributed by atoms with E-state index in [1.54, 1.807) is 31.2 Å². The van der Waals surface area contributed by atoms with Crippen molar-refractivity contribution in [3.05, 3.63) is 80.2 Å². The molecule has 166 valence electrons. The summed E-state index contributed by atoms with van der Waals surface area (Å²) in [5.74, 6) is -1.33. The molecule has 0 atom stereocenters. The van der Waals surface area contributed by atoms with Gasteiger partial charge >= 0.3 is 5.97 Å². The monoisotopic (exact) mass is 499 g/mol. The molecule has 3 rings (SSSR count). The minimum atomic E-state index is -0.763.